The van der Waals surface area contributed by atoms with E-state index in [1.165, 1.54) is 16.9 Å². The molecule has 0 radical (unpaired) electrons. The fourth-order valence-electron chi connectivity index (χ4n) is 3.00. The Morgan fingerprint density at radius 3 is 3.04 bits per heavy atom. The molecule has 4 rings (SSSR count). The predicted molar refractivity (Wildman–Crippen MR) is 107 cm³/mol. The Balaban J connectivity index is 1.29. The van der Waals surface area contributed by atoms with Crippen molar-refractivity contribution in [2.45, 2.75) is 45.4 Å². The first-order chi connectivity index (χ1) is 13.6. The standard InChI is InChI=1S/C20H22N4O3S/c1-12(2)19-23-18(27-24-19)5-3-4-17(25)22-20-21-15(11-28-20)13-6-7-16-14(10-13)8-9-26-16/h6-7,10-12H,3-5,8-9H2,1-2H3,(H,21,22,25). The molecule has 1 N–H and O–H groups in total. The summed E-state index contributed by atoms with van der Waals surface area (Å²) in [5.74, 6) is 2.40. The number of ether oxygens (including phenoxy) is 1. The normalized spacial score (nSPS) is 12.8. The summed E-state index contributed by atoms with van der Waals surface area (Å²) in [6.45, 7) is 4.77. The molecule has 8 heteroatoms. The number of hydrogen-bond donors (Lipinski definition) is 1. The zero-order valence-corrected chi connectivity index (χ0v) is 16.7. The largest absolute Gasteiger partial charge is 0.493 e. The van der Waals surface area contributed by atoms with Crippen molar-refractivity contribution in [3.63, 3.8) is 0 Å². The van der Waals surface area contributed by atoms with Gasteiger partial charge in [-0.25, -0.2) is 4.98 Å². The number of nitrogens with zero attached hydrogens (tertiary/aromatic N) is 3. The lowest BCUT2D eigenvalue weighted by molar-refractivity contribution is -0.116. The number of rotatable bonds is 7. The van der Waals surface area contributed by atoms with Gasteiger partial charge in [0.2, 0.25) is 11.8 Å². The third-order valence-corrected chi connectivity index (χ3v) is 5.29. The quantitative estimate of drug-likeness (QED) is 0.641. The molecule has 0 aliphatic carbocycles. The topological polar surface area (TPSA) is 90.1 Å². The zero-order valence-electron chi connectivity index (χ0n) is 15.9. The first-order valence-corrected chi connectivity index (χ1v) is 10.3. The Kier molecular flexibility index (Phi) is 5.38. The number of amides is 1. The molecule has 146 valence electrons. The molecule has 1 aromatic carbocycles. The maximum absolute atomic E-state index is 12.2. The maximum atomic E-state index is 12.2. The SMILES string of the molecule is CC(C)c1noc(CCCC(=O)Nc2nc(-c3ccc4c(c3)CCO4)cs2)n1. The molecule has 3 heterocycles. The van der Waals surface area contributed by atoms with Crippen LogP contribution < -0.4 is 10.1 Å². The minimum atomic E-state index is -0.0631. The number of fused-ring (bicyclic) bond motifs is 1. The van der Waals surface area contributed by atoms with Crippen LogP contribution in [0.5, 0.6) is 5.75 Å². The molecular weight excluding hydrogens is 376 g/mol. The van der Waals surface area contributed by atoms with Crippen molar-refractivity contribution in [1.82, 2.24) is 15.1 Å². The van der Waals surface area contributed by atoms with Gasteiger partial charge in [-0.15, -0.1) is 11.3 Å². The summed E-state index contributed by atoms with van der Waals surface area (Å²) in [6.07, 6.45) is 2.54. The number of hydrogen-bond acceptors (Lipinski definition) is 7. The van der Waals surface area contributed by atoms with Crippen molar-refractivity contribution < 1.29 is 14.1 Å². The molecule has 0 saturated carbocycles. The number of anilines is 1. The first-order valence-electron chi connectivity index (χ1n) is 9.42. The molecule has 1 aliphatic heterocycles. The Morgan fingerprint density at radius 1 is 1.32 bits per heavy atom. The molecule has 0 saturated heterocycles. The van der Waals surface area contributed by atoms with E-state index in [0.717, 1.165) is 30.0 Å². The highest BCUT2D eigenvalue weighted by Gasteiger charge is 2.15. The number of aryl methyl sites for hydroxylation is 1. The van der Waals surface area contributed by atoms with E-state index in [-0.39, 0.29) is 11.8 Å². The Hall–Kier alpha value is -2.74. The monoisotopic (exact) mass is 398 g/mol. The molecule has 28 heavy (non-hydrogen) atoms. The highest BCUT2D eigenvalue weighted by Crippen LogP contribution is 2.32. The van der Waals surface area contributed by atoms with Gasteiger partial charge in [0.15, 0.2) is 11.0 Å². The smallest absolute Gasteiger partial charge is 0.226 e. The summed E-state index contributed by atoms with van der Waals surface area (Å²) < 4.78 is 10.7. The highest BCUT2D eigenvalue weighted by atomic mass is 32.1. The van der Waals surface area contributed by atoms with Crippen molar-refractivity contribution >= 4 is 22.4 Å². The molecule has 3 aromatic rings. The van der Waals surface area contributed by atoms with Crippen LogP contribution in [0.1, 0.15) is 49.9 Å². The van der Waals surface area contributed by atoms with E-state index in [4.69, 9.17) is 9.26 Å². The van der Waals surface area contributed by atoms with Gasteiger partial charge in [-0.05, 0) is 30.2 Å². The summed E-state index contributed by atoms with van der Waals surface area (Å²) in [7, 11) is 0. The summed E-state index contributed by atoms with van der Waals surface area (Å²) in [4.78, 5) is 21.1. The van der Waals surface area contributed by atoms with Crippen molar-refractivity contribution in [3.05, 3.63) is 40.9 Å². The van der Waals surface area contributed by atoms with Crippen LogP contribution in [-0.2, 0) is 17.6 Å². The molecule has 1 amide bonds. The van der Waals surface area contributed by atoms with Crippen molar-refractivity contribution in [3.8, 4) is 17.0 Å². The van der Waals surface area contributed by atoms with E-state index in [1.807, 2.05) is 31.4 Å². The van der Waals surface area contributed by atoms with Crippen LogP contribution in [-0.4, -0.2) is 27.6 Å². The Labute approximate surface area is 167 Å². The van der Waals surface area contributed by atoms with Gasteiger partial charge < -0.3 is 14.6 Å². The minimum absolute atomic E-state index is 0.0631. The van der Waals surface area contributed by atoms with Crippen LogP contribution in [0.2, 0.25) is 0 Å². The third kappa shape index (κ3) is 4.22. The van der Waals surface area contributed by atoms with Gasteiger partial charge in [-0.2, -0.15) is 4.98 Å². The van der Waals surface area contributed by atoms with Gasteiger partial charge in [0, 0.05) is 36.1 Å². The number of aromatic nitrogens is 3. The van der Waals surface area contributed by atoms with Crippen LogP contribution in [0.25, 0.3) is 11.3 Å². The molecule has 2 aromatic heterocycles. The number of carbonyl (C=O) groups excluding carboxylic acids is 1. The minimum Gasteiger partial charge on any atom is -0.493 e. The molecule has 0 bridgehead atoms. The number of nitrogens with one attached hydrogen (secondary N) is 1. The number of carbonyl (C=O) groups is 1. The molecule has 0 unspecified atom stereocenters. The number of benzene rings is 1. The average Bonchev–Trinajstić information content (AvgIpc) is 3.41. The highest BCUT2D eigenvalue weighted by molar-refractivity contribution is 7.14. The van der Waals surface area contributed by atoms with Crippen molar-refractivity contribution in [2.75, 3.05) is 11.9 Å². The third-order valence-electron chi connectivity index (χ3n) is 4.53. The second-order valence-corrected chi connectivity index (χ2v) is 7.92. The lowest BCUT2D eigenvalue weighted by Gasteiger charge is -2.02. The molecule has 1 aliphatic rings. The summed E-state index contributed by atoms with van der Waals surface area (Å²) >= 11 is 1.43. The summed E-state index contributed by atoms with van der Waals surface area (Å²) in [5.41, 5.74) is 3.11. The molecular formula is C20H22N4O3S. The first kappa shape index (κ1) is 18.6. The van der Waals surface area contributed by atoms with Crippen molar-refractivity contribution in [1.29, 1.82) is 0 Å². The fourth-order valence-corrected chi connectivity index (χ4v) is 3.73. The Morgan fingerprint density at radius 2 is 2.21 bits per heavy atom. The van der Waals surface area contributed by atoms with Crippen LogP contribution in [0.3, 0.4) is 0 Å². The van der Waals surface area contributed by atoms with Crippen LogP contribution in [0.4, 0.5) is 5.13 Å². The van der Waals surface area contributed by atoms with E-state index in [9.17, 15) is 4.79 Å². The van der Waals surface area contributed by atoms with Gasteiger partial charge in [-0.1, -0.05) is 19.0 Å². The second-order valence-electron chi connectivity index (χ2n) is 7.06. The maximum Gasteiger partial charge on any atom is 0.226 e. The Bertz CT molecular complexity index is 979. The van der Waals surface area contributed by atoms with Crippen LogP contribution in [0.15, 0.2) is 28.1 Å². The van der Waals surface area contributed by atoms with Crippen LogP contribution >= 0.6 is 11.3 Å². The molecule has 0 fully saturated rings. The average molecular weight is 398 g/mol. The van der Waals surface area contributed by atoms with Gasteiger partial charge in [0.1, 0.15) is 5.75 Å². The predicted octanol–water partition coefficient (Wildman–Crippen LogP) is 4.21. The van der Waals surface area contributed by atoms with E-state index in [1.54, 1.807) is 0 Å². The lowest BCUT2D eigenvalue weighted by atomic mass is 10.1. The molecule has 0 atom stereocenters. The number of thiazole rings is 1. The van der Waals surface area contributed by atoms with E-state index >= 15 is 0 Å². The lowest BCUT2D eigenvalue weighted by Crippen LogP contribution is -2.11. The van der Waals surface area contributed by atoms with Crippen molar-refractivity contribution in [2.24, 2.45) is 0 Å². The van der Waals surface area contributed by atoms with Gasteiger partial charge in [0.25, 0.3) is 0 Å². The zero-order chi connectivity index (χ0) is 19.5. The summed E-state index contributed by atoms with van der Waals surface area (Å²) in [6, 6.07) is 6.09. The molecule has 0 spiro atoms. The summed E-state index contributed by atoms with van der Waals surface area (Å²) in [5, 5.41) is 9.37. The van der Waals surface area contributed by atoms with E-state index < -0.39 is 0 Å². The van der Waals surface area contributed by atoms with Gasteiger partial charge in [0.05, 0.1) is 12.3 Å². The van der Waals surface area contributed by atoms with Crippen LogP contribution in [0, 0.1) is 0 Å². The van der Waals surface area contributed by atoms with E-state index in [2.05, 4.69) is 26.5 Å². The van der Waals surface area contributed by atoms with Gasteiger partial charge >= 0.3 is 0 Å². The fraction of sp³-hybridized carbons (Fsp3) is 0.400. The van der Waals surface area contributed by atoms with E-state index in [0.29, 0.717) is 36.1 Å². The van der Waals surface area contributed by atoms with Gasteiger partial charge in [-0.3, -0.25) is 4.79 Å². The molecule has 7 nitrogen and oxygen atoms in total. The second kappa shape index (κ2) is 8.10.